The number of carbonyl (C=O) groups is 3. The minimum absolute atomic E-state index is 0.0771. The Morgan fingerprint density at radius 3 is 2.34 bits per heavy atom. The first kappa shape index (κ1) is 23.3. The third-order valence-corrected chi connectivity index (χ3v) is 5.70. The lowest BCUT2D eigenvalue weighted by Gasteiger charge is -2.17. The van der Waals surface area contributed by atoms with E-state index in [4.69, 9.17) is 5.73 Å². The van der Waals surface area contributed by atoms with Crippen molar-refractivity contribution < 1.29 is 19.3 Å². The van der Waals surface area contributed by atoms with Gasteiger partial charge < -0.3 is 15.8 Å². The van der Waals surface area contributed by atoms with Gasteiger partial charge in [0.1, 0.15) is 6.29 Å². The smallest absolute Gasteiger partial charge is 0.270 e. The highest BCUT2D eigenvalue weighted by Gasteiger charge is 2.23. The second kappa shape index (κ2) is 9.96. The summed E-state index contributed by atoms with van der Waals surface area (Å²) >= 11 is 0. The maximum absolute atomic E-state index is 13.3. The number of aldehydes is 1. The molecule has 3 N–H and O–H groups in total. The number of carbonyl (C=O) groups excluding carboxylic acids is 3. The standard InChI is InChI=1S/C27H21N3O5/c28-26(32)25-21-9-5-4-8-18(21)10-12-22(25)24-15-20(30(34)35)11-13-23(24)27(33)29-19(16-31)14-17-6-2-1-3-7-17/h1-13,15-16,19H,14H2,(H2,28,32)(H,29,33). The normalized spacial score (nSPS) is 11.5. The predicted molar refractivity (Wildman–Crippen MR) is 132 cm³/mol. The van der Waals surface area contributed by atoms with Gasteiger partial charge in [0, 0.05) is 23.3 Å². The van der Waals surface area contributed by atoms with Gasteiger partial charge in [-0.25, -0.2) is 0 Å². The van der Waals surface area contributed by atoms with Crippen LogP contribution in [0.5, 0.6) is 0 Å². The summed E-state index contributed by atoms with van der Waals surface area (Å²) in [6.45, 7) is 0. The molecule has 4 rings (SSSR count). The van der Waals surface area contributed by atoms with E-state index in [9.17, 15) is 24.5 Å². The fraction of sp³-hybridized carbons (Fsp3) is 0.0741. The fourth-order valence-corrected chi connectivity index (χ4v) is 4.08. The van der Waals surface area contributed by atoms with Crippen LogP contribution in [-0.2, 0) is 11.2 Å². The molecule has 2 amide bonds. The van der Waals surface area contributed by atoms with Gasteiger partial charge in [0.25, 0.3) is 11.6 Å². The van der Waals surface area contributed by atoms with E-state index in [0.29, 0.717) is 11.7 Å². The molecule has 0 aliphatic heterocycles. The number of non-ortho nitro benzene ring substituents is 1. The average Bonchev–Trinajstić information content (AvgIpc) is 2.87. The number of amides is 2. The molecule has 0 aliphatic rings. The van der Waals surface area contributed by atoms with Crippen LogP contribution in [0.15, 0.2) is 84.9 Å². The largest absolute Gasteiger partial charge is 0.366 e. The summed E-state index contributed by atoms with van der Waals surface area (Å²) in [5.41, 5.74) is 7.00. The van der Waals surface area contributed by atoms with Crippen LogP contribution in [0.4, 0.5) is 5.69 Å². The zero-order valence-electron chi connectivity index (χ0n) is 18.5. The van der Waals surface area contributed by atoms with E-state index in [1.54, 1.807) is 24.3 Å². The molecule has 0 spiro atoms. The highest BCUT2D eigenvalue weighted by Crippen LogP contribution is 2.34. The third-order valence-electron chi connectivity index (χ3n) is 5.70. The molecule has 1 unspecified atom stereocenters. The van der Waals surface area contributed by atoms with Gasteiger partial charge in [0.15, 0.2) is 0 Å². The Kier molecular flexibility index (Phi) is 6.64. The van der Waals surface area contributed by atoms with Crippen LogP contribution in [0.3, 0.4) is 0 Å². The summed E-state index contributed by atoms with van der Waals surface area (Å²) in [6.07, 6.45) is 0.918. The minimum Gasteiger partial charge on any atom is -0.366 e. The summed E-state index contributed by atoms with van der Waals surface area (Å²) in [4.78, 5) is 48.4. The van der Waals surface area contributed by atoms with Crippen molar-refractivity contribution in [1.29, 1.82) is 0 Å². The Morgan fingerprint density at radius 1 is 0.943 bits per heavy atom. The summed E-state index contributed by atoms with van der Waals surface area (Å²) in [5, 5.41) is 15.5. The second-order valence-electron chi connectivity index (χ2n) is 7.97. The van der Waals surface area contributed by atoms with E-state index in [-0.39, 0.29) is 34.4 Å². The third kappa shape index (κ3) is 4.91. The van der Waals surface area contributed by atoms with Gasteiger partial charge >= 0.3 is 0 Å². The highest BCUT2D eigenvalue weighted by molar-refractivity contribution is 6.14. The molecular weight excluding hydrogens is 446 g/mol. The summed E-state index contributed by atoms with van der Waals surface area (Å²) < 4.78 is 0. The molecular formula is C27H21N3O5. The van der Waals surface area contributed by atoms with Crippen molar-refractivity contribution >= 4 is 34.6 Å². The van der Waals surface area contributed by atoms with E-state index in [1.807, 2.05) is 42.5 Å². The number of nitrogens with zero attached hydrogens (tertiary/aromatic N) is 1. The first-order valence-electron chi connectivity index (χ1n) is 10.8. The predicted octanol–water partition coefficient (Wildman–Crippen LogP) is 4.05. The van der Waals surface area contributed by atoms with Crippen molar-refractivity contribution in [2.75, 3.05) is 0 Å². The number of nitrogens with two attached hydrogens (primary N) is 1. The lowest BCUT2D eigenvalue weighted by Crippen LogP contribution is -2.37. The van der Waals surface area contributed by atoms with Gasteiger partial charge in [-0.2, -0.15) is 0 Å². The quantitative estimate of drug-likeness (QED) is 0.229. The van der Waals surface area contributed by atoms with Crippen LogP contribution in [0, 0.1) is 10.1 Å². The molecule has 0 radical (unpaired) electrons. The van der Waals surface area contributed by atoms with Crippen LogP contribution in [0.1, 0.15) is 26.3 Å². The van der Waals surface area contributed by atoms with E-state index in [1.165, 1.54) is 18.2 Å². The second-order valence-corrected chi connectivity index (χ2v) is 7.97. The average molecular weight is 467 g/mol. The number of nitro groups is 1. The summed E-state index contributed by atoms with van der Waals surface area (Å²) in [7, 11) is 0. The van der Waals surface area contributed by atoms with Gasteiger partial charge in [-0.05, 0) is 34.4 Å². The zero-order valence-corrected chi connectivity index (χ0v) is 18.5. The molecule has 0 saturated carbocycles. The van der Waals surface area contributed by atoms with Gasteiger partial charge in [-0.15, -0.1) is 0 Å². The van der Waals surface area contributed by atoms with Gasteiger partial charge in [-0.1, -0.05) is 66.7 Å². The molecule has 1 atom stereocenters. The topological polar surface area (TPSA) is 132 Å². The van der Waals surface area contributed by atoms with Crippen molar-refractivity contribution in [3.63, 3.8) is 0 Å². The SMILES string of the molecule is NC(=O)c1c(-c2cc([N+](=O)[O-])ccc2C(=O)NC(C=O)Cc2ccccc2)ccc2ccccc12. The van der Waals surface area contributed by atoms with Gasteiger partial charge in [0.2, 0.25) is 5.91 Å². The number of primary amides is 1. The molecule has 0 saturated heterocycles. The summed E-state index contributed by atoms with van der Waals surface area (Å²) in [6, 6.07) is 22.6. The molecule has 0 bridgehead atoms. The number of rotatable bonds is 8. The first-order valence-corrected chi connectivity index (χ1v) is 10.8. The van der Waals surface area contributed by atoms with Crippen molar-refractivity contribution in [2.24, 2.45) is 5.73 Å². The van der Waals surface area contributed by atoms with Crippen molar-refractivity contribution in [2.45, 2.75) is 12.5 Å². The van der Waals surface area contributed by atoms with E-state index in [0.717, 1.165) is 10.9 Å². The Balaban J connectivity index is 1.81. The Bertz CT molecular complexity index is 1450. The lowest BCUT2D eigenvalue weighted by molar-refractivity contribution is -0.384. The number of benzene rings is 4. The van der Waals surface area contributed by atoms with Gasteiger partial charge in [-0.3, -0.25) is 19.7 Å². The molecule has 35 heavy (non-hydrogen) atoms. The van der Waals surface area contributed by atoms with E-state index < -0.39 is 22.8 Å². The van der Waals surface area contributed by atoms with Crippen LogP contribution >= 0.6 is 0 Å². The number of nitrogens with one attached hydrogen (secondary N) is 1. The molecule has 8 heteroatoms. The monoisotopic (exact) mass is 467 g/mol. The Hall–Kier alpha value is -4.85. The first-order chi connectivity index (χ1) is 16.9. The highest BCUT2D eigenvalue weighted by atomic mass is 16.6. The molecule has 8 nitrogen and oxygen atoms in total. The maximum atomic E-state index is 13.3. The van der Waals surface area contributed by atoms with Crippen LogP contribution in [0.25, 0.3) is 21.9 Å². The molecule has 0 aromatic heterocycles. The van der Waals surface area contributed by atoms with Crippen molar-refractivity contribution in [1.82, 2.24) is 5.32 Å². The van der Waals surface area contributed by atoms with E-state index >= 15 is 0 Å². The molecule has 4 aromatic rings. The van der Waals surface area contributed by atoms with Crippen LogP contribution < -0.4 is 11.1 Å². The maximum Gasteiger partial charge on any atom is 0.270 e. The number of fused-ring (bicyclic) bond motifs is 1. The lowest BCUT2D eigenvalue weighted by atomic mass is 9.90. The number of hydrogen-bond donors (Lipinski definition) is 2. The number of hydrogen-bond acceptors (Lipinski definition) is 5. The molecule has 4 aromatic carbocycles. The summed E-state index contributed by atoms with van der Waals surface area (Å²) in [5.74, 6) is -1.34. The Morgan fingerprint density at radius 2 is 1.66 bits per heavy atom. The van der Waals surface area contributed by atoms with Crippen LogP contribution in [0.2, 0.25) is 0 Å². The zero-order chi connectivity index (χ0) is 24.9. The molecule has 0 aliphatic carbocycles. The van der Waals surface area contributed by atoms with E-state index in [2.05, 4.69) is 5.32 Å². The van der Waals surface area contributed by atoms with Crippen molar-refractivity contribution in [3.8, 4) is 11.1 Å². The molecule has 174 valence electrons. The fourth-order valence-electron chi connectivity index (χ4n) is 4.08. The van der Waals surface area contributed by atoms with Crippen LogP contribution in [-0.4, -0.2) is 29.1 Å². The number of nitro benzene ring substituents is 1. The van der Waals surface area contributed by atoms with Crippen molar-refractivity contribution in [3.05, 3.63) is 112 Å². The minimum atomic E-state index is -0.819. The van der Waals surface area contributed by atoms with Gasteiger partial charge in [0.05, 0.1) is 16.5 Å². The molecule has 0 heterocycles. The molecule has 0 fully saturated rings. The Labute approximate surface area is 200 Å².